The summed E-state index contributed by atoms with van der Waals surface area (Å²) >= 11 is 0. The largest absolute Gasteiger partial charge is 0.490 e. The number of hydrogen-bond acceptors (Lipinski definition) is 7. The Morgan fingerprint density at radius 2 is 1.84 bits per heavy atom. The SMILES string of the molecule is COC(=O)c1cccc(NC(=O)CN(C)S(=O)(=O)c2ccc3c(c2)OCCCO3)c1C. The second-order valence-electron chi connectivity index (χ2n) is 6.94. The lowest BCUT2D eigenvalue weighted by Crippen LogP contribution is -2.35. The van der Waals surface area contributed by atoms with Crippen LogP contribution in [0.5, 0.6) is 11.5 Å². The average molecular weight is 448 g/mol. The first-order valence-electron chi connectivity index (χ1n) is 9.58. The van der Waals surface area contributed by atoms with Crippen molar-refractivity contribution < 1.29 is 32.2 Å². The third-order valence-electron chi connectivity index (χ3n) is 4.81. The number of methoxy groups -OCH3 is 1. The molecule has 0 spiro atoms. The lowest BCUT2D eigenvalue weighted by molar-refractivity contribution is -0.116. The summed E-state index contributed by atoms with van der Waals surface area (Å²) in [7, 11) is -1.36. The molecule has 0 saturated heterocycles. The van der Waals surface area contributed by atoms with Crippen molar-refractivity contribution in [1.82, 2.24) is 4.31 Å². The number of fused-ring (bicyclic) bond motifs is 1. The predicted molar refractivity (Wildman–Crippen MR) is 113 cm³/mol. The van der Waals surface area contributed by atoms with Crippen LogP contribution in [-0.4, -0.2) is 58.5 Å². The van der Waals surface area contributed by atoms with Crippen molar-refractivity contribution in [3.63, 3.8) is 0 Å². The number of carbonyl (C=O) groups excluding carboxylic acids is 2. The molecular weight excluding hydrogens is 424 g/mol. The van der Waals surface area contributed by atoms with E-state index in [0.717, 1.165) is 4.31 Å². The normalized spacial score (nSPS) is 13.4. The molecule has 166 valence electrons. The third kappa shape index (κ3) is 4.97. The molecule has 1 aliphatic rings. The van der Waals surface area contributed by atoms with Crippen molar-refractivity contribution in [3.05, 3.63) is 47.5 Å². The predicted octanol–water partition coefficient (Wildman–Crippen LogP) is 2.20. The van der Waals surface area contributed by atoms with Crippen molar-refractivity contribution in [2.75, 3.05) is 39.2 Å². The molecule has 9 nitrogen and oxygen atoms in total. The van der Waals surface area contributed by atoms with Gasteiger partial charge in [0.05, 0.1) is 37.3 Å². The van der Waals surface area contributed by atoms with Crippen LogP contribution in [0.25, 0.3) is 0 Å². The van der Waals surface area contributed by atoms with E-state index in [2.05, 4.69) is 5.32 Å². The zero-order valence-corrected chi connectivity index (χ0v) is 18.3. The van der Waals surface area contributed by atoms with Crippen LogP contribution in [0.4, 0.5) is 5.69 Å². The average Bonchev–Trinajstić information content (AvgIpc) is 2.99. The topological polar surface area (TPSA) is 111 Å². The standard InChI is InChI=1S/C21H24N2O7S/c1-14-16(21(25)28-3)6-4-7-17(14)22-20(24)13-23(2)31(26,27)15-8-9-18-19(12-15)30-11-5-10-29-18/h4,6-9,12H,5,10-11,13H2,1-3H3,(H,22,24). The molecule has 31 heavy (non-hydrogen) atoms. The maximum atomic E-state index is 12.9. The molecule has 10 heteroatoms. The van der Waals surface area contributed by atoms with Crippen LogP contribution in [0.2, 0.25) is 0 Å². The van der Waals surface area contributed by atoms with Crippen molar-refractivity contribution in [2.24, 2.45) is 0 Å². The molecule has 0 unspecified atom stereocenters. The Morgan fingerprint density at radius 3 is 2.55 bits per heavy atom. The van der Waals surface area contributed by atoms with Gasteiger partial charge < -0.3 is 19.5 Å². The fourth-order valence-electron chi connectivity index (χ4n) is 3.06. The highest BCUT2D eigenvalue weighted by Crippen LogP contribution is 2.32. The third-order valence-corrected chi connectivity index (χ3v) is 6.61. The number of nitrogens with zero attached hydrogens (tertiary/aromatic N) is 1. The Labute approximate surface area is 181 Å². The van der Waals surface area contributed by atoms with E-state index in [1.165, 1.54) is 26.3 Å². The van der Waals surface area contributed by atoms with E-state index in [1.807, 2.05) is 0 Å². The van der Waals surface area contributed by atoms with E-state index in [9.17, 15) is 18.0 Å². The zero-order valence-electron chi connectivity index (χ0n) is 17.5. The van der Waals surface area contributed by atoms with E-state index in [-0.39, 0.29) is 4.90 Å². The smallest absolute Gasteiger partial charge is 0.338 e. The van der Waals surface area contributed by atoms with Crippen LogP contribution in [0.15, 0.2) is 41.3 Å². The van der Waals surface area contributed by atoms with Crippen LogP contribution >= 0.6 is 0 Å². The van der Waals surface area contributed by atoms with Crippen LogP contribution < -0.4 is 14.8 Å². The molecule has 2 aromatic rings. The van der Waals surface area contributed by atoms with Gasteiger partial charge in [0.2, 0.25) is 15.9 Å². The van der Waals surface area contributed by atoms with Gasteiger partial charge in [0.15, 0.2) is 11.5 Å². The summed E-state index contributed by atoms with van der Waals surface area (Å²) in [6, 6.07) is 9.17. The molecule has 1 aliphatic heterocycles. The summed E-state index contributed by atoms with van der Waals surface area (Å²) < 4.78 is 42.6. The molecule has 0 aliphatic carbocycles. The van der Waals surface area contributed by atoms with Gasteiger partial charge in [0.1, 0.15) is 0 Å². The van der Waals surface area contributed by atoms with Crippen LogP contribution in [0.3, 0.4) is 0 Å². The number of anilines is 1. The second-order valence-corrected chi connectivity index (χ2v) is 8.98. The number of carbonyl (C=O) groups is 2. The maximum absolute atomic E-state index is 12.9. The Bertz CT molecular complexity index is 1100. The van der Waals surface area contributed by atoms with E-state index >= 15 is 0 Å². The number of amides is 1. The van der Waals surface area contributed by atoms with Gasteiger partial charge in [-0.25, -0.2) is 13.2 Å². The minimum atomic E-state index is -3.94. The lowest BCUT2D eigenvalue weighted by Gasteiger charge is -2.18. The van der Waals surface area contributed by atoms with E-state index in [4.69, 9.17) is 14.2 Å². The number of rotatable bonds is 6. The quantitative estimate of drug-likeness (QED) is 0.675. The molecule has 0 bridgehead atoms. The molecule has 0 radical (unpaired) electrons. The molecule has 1 N–H and O–H groups in total. The molecule has 1 amide bonds. The van der Waals surface area contributed by atoms with E-state index in [1.54, 1.807) is 31.2 Å². The monoisotopic (exact) mass is 448 g/mol. The molecule has 0 atom stereocenters. The first-order valence-corrected chi connectivity index (χ1v) is 11.0. The number of sulfonamides is 1. The first kappa shape index (κ1) is 22.6. The van der Waals surface area contributed by atoms with Gasteiger partial charge in [0.25, 0.3) is 0 Å². The summed E-state index contributed by atoms with van der Waals surface area (Å²) in [5.41, 5.74) is 1.24. The minimum Gasteiger partial charge on any atom is -0.490 e. The zero-order chi connectivity index (χ0) is 22.6. The molecule has 0 saturated carbocycles. The van der Waals surface area contributed by atoms with Crippen molar-refractivity contribution in [3.8, 4) is 11.5 Å². The Hall–Kier alpha value is -3.11. The summed E-state index contributed by atoms with van der Waals surface area (Å²) in [4.78, 5) is 24.3. The van der Waals surface area contributed by atoms with Crippen LogP contribution in [0.1, 0.15) is 22.3 Å². The number of hydrogen-bond donors (Lipinski definition) is 1. The highest BCUT2D eigenvalue weighted by Gasteiger charge is 2.25. The molecule has 3 rings (SSSR count). The molecular formula is C21H24N2O7S. The summed E-state index contributed by atoms with van der Waals surface area (Å²) in [5, 5.41) is 2.64. The van der Waals surface area contributed by atoms with Gasteiger partial charge >= 0.3 is 5.97 Å². The molecule has 0 aromatic heterocycles. The van der Waals surface area contributed by atoms with Gasteiger partial charge in [-0.3, -0.25) is 4.79 Å². The Morgan fingerprint density at radius 1 is 1.13 bits per heavy atom. The summed E-state index contributed by atoms with van der Waals surface area (Å²) in [5.74, 6) is -0.238. The van der Waals surface area contributed by atoms with Crippen LogP contribution in [0, 0.1) is 6.92 Å². The Kier molecular flexibility index (Phi) is 6.81. The van der Waals surface area contributed by atoms with E-state index < -0.39 is 28.4 Å². The van der Waals surface area contributed by atoms with Crippen molar-refractivity contribution >= 4 is 27.6 Å². The number of benzene rings is 2. The summed E-state index contributed by atoms with van der Waals surface area (Å²) in [6.45, 7) is 2.17. The molecule has 2 aromatic carbocycles. The molecule has 0 fully saturated rings. The highest BCUT2D eigenvalue weighted by atomic mass is 32.2. The lowest BCUT2D eigenvalue weighted by atomic mass is 10.1. The van der Waals surface area contributed by atoms with Gasteiger partial charge in [-0.1, -0.05) is 6.07 Å². The second kappa shape index (κ2) is 9.36. The number of esters is 1. The van der Waals surface area contributed by atoms with Crippen molar-refractivity contribution in [1.29, 1.82) is 0 Å². The fraction of sp³-hybridized carbons (Fsp3) is 0.333. The van der Waals surface area contributed by atoms with Gasteiger partial charge in [-0.15, -0.1) is 0 Å². The maximum Gasteiger partial charge on any atom is 0.338 e. The number of ether oxygens (including phenoxy) is 3. The van der Waals surface area contributed by atoms with Gasteiger partial charge in [0, 0.05) is 25.2 Å². The fourth-order valence-corrected chi connectivity index (χ4v) is 4.21. The number of likely N-dealkylation sites (N-methyl/N-ethyl adjacent to an activating group) is 1. The Balaban J connectivity index is 1.74. The van der Waals surface area contributed by atoms with Crippen LogP contribution in [-0.2, 0) is 19.6 Å². The number of nitrogens with one attached hydrogen (secondary N) is 1. The van der Waals surface area contributed by atoms with Gasteiger partial charge in [-0.2, -0.15) is 4.31 Å². The van der Waals surface area contributed by atoms with Gasteiger partial charge in [-0.05, 0) is 36.8 Å². The highest BCUT2D eigenvalue weighted by molar-refractivity contribution is 7.89. The van der Waals surface area contributed by atoms with E-state index in [0.29, 0.717) is 47.9 Å². The van der Waals surface area contributed by atoms with Crippen molar-refractivity contribution in [2.45, 2.75) is 18.2 Å². The minimum absolute atomic E-state index is 0.00378. The summed E-state index contributed by atoms with van der Waals surface area (Å²) in [6.07, 6.45) is 0.702. The molecule has 1 heterocycles. The first-order chi connectivity index (χ1) is 14.7.